The summed E-state index contributed by atoms with van der Waals surface area (Å²) in [6, 6.07) is 43.3. The minimum atomic E-state index is 0.538. The van der Waals surface area contributed by atoms with Crippen molar-refractivity contribution in [1.29, 1.82) is 0 Å². The number of hydrogen-bond donors (Lipinski definition) is 0. The zero-order valence-electron chi connectivity index (χ0n) is 22.7. The number of benzene rings is 6. The van der Waals surface area contributed by atoms with E-state index in [2.05, 4.69) is 127 Å². The predicted molar refractivity (Wildman–Crippen MR) is 171 cm³/mol. The Labute approximate surface area is 236 Å². The van der Waals surface area contributed by atoms with E-state index < -0.39 is 0 Å². The van der Waals surface area contributed by atoms with Gasteiger partial charge in [0.2, 0.25) is 0 Å². The topological polar surface area (TPSA) is 0 Å². The van der Waals surface area contributed by atoms with Crippen molar-refractivity contribution < 1.29 is 0 Å². The SMILES string of the molecule is C1=Cc2cc(-c3c4c(c(-c5ccc6ccccc6c5)c5ccccc35)CCC(c3ccccc3)C4)ccc2CC1. The van der Waals surface area contributed by atoms with Crippen LogP contribution in [-0.4, -0.2) is 0 Å². The number of allylic oxidation sites excluding steroid dienone is 1. The monoisotopic (exact) mass is 512 g/mol. The molecule has 8 rings (SSSR count). The molecule has 0 N–H and O–H groups in total. The smallest absolute Gasteiger partial charge is 0.00697 e. The lowest BCUT2D eigenvalue weighted by molar-refractivity contribution is 0.587. The average Bonchev–Trinajstić information content (AvgIpc) is 3.03. The molecule has 0 radical (unpaired) electrons. The molecule has 0 heteroatoms. The number of fused-ring (bicyclic) bond motifs is 4. The van der Waals surface area contributed by atoms with Crippen molar-refractivity contribution in [2.24, 2.45) is 0 Å². The zero-order chi connectivity index (χ0) is 26.5. The first-order valence-corrected chi connectivity index (χ1v) is 14.7. The zero-order valence-corrected chi connectivity index (χ0v) is 22.7. The summed E-state index contributed by atoms with van der Waals surface area (Å²) >= 11 is 0. The fraction of sp³-hybridized carbons (Fsp3) is 0.150. The van der Waals surface area contributed by atoms with Crippen LogP contribution in [0.25, 0.3) is 49.9 Å². The Morgan fingerprint density at radius 3 is 2.10 bits per heavy atom. The van der Waals surface area contributed by atoms with Gasteiger partial charge in [-0.05, 0) is 122 Å². The first-order chi connectivity index (χ1) is 19.8. The molecule has 0 aromatic heterocycles. The van der Waals surface area contributed by atoms with E-state index in [-0.39, 0.29) is 0 Å². The van der Waals surface area contributed by atoms with E-state index in [9.17, 15) is 0 Å². The van der Waals surface area contributed by atoms with Gasteiger partial charge in [0.15, 0.2) is 0 Å². The first kappa shape index (κ1) is 23.5. The largest absolute Gasteiger partial charge is 0.0836 e. The molecule has 0 bridgehead atoms. The van der Waals surface area contributed by atoms with Gasteiger partial charge in [-0.2, -0.15) is 0 Å². The third-order valence-electron chi connectivity index (χ3n) is 9.25. The second-order valence-electron chi connectivity index (χ2n) is 11.5. The van der Waals surface area contributed by atoms with Crippen molar-refractivity contribution in [1.82, 2.24) is 0 Å². The van der Waals surface area contributed by atoms with Crippen molar-refractivity contribution in [3.63, 3.8) is 0 Å². The van der Waals surface area contributed by atoms with Gasteiger partial charge in [-0.15, -0.1) is 0 Å². The Kier molecular flexibility index (Phi) is 5.66. The van der Waals surface area contributed by atoms with Gasteiger partial charge < -0.3 is 0 Å². The van der Waals surface area contributed by atoms with Crippen molar-refractivity contribution in [2.45, 2.75) is 38.0 Å². The van der Waals surface area contributed by atoms with Gasteiger partial charge in [0, 0.05) is 0 Å². The van der Waals surface area contributed by atoms with Crippen LogP contribution in [0.1, 0.15) is 46.6 Å². The van der Waals surface area contributed by atoms with Gasteiger partial charge in [0.1, 0.15) is 0 Å². The van der Waals surface area contributed by atoms with Crippen molar-refractivity contribution in [2.75, 3.05) is 0 Å². The molecule has 6 aromatic rings. The maximum Gasteiger partial charge on any atom is -0.00697 e. The first-order valence-electron chi connectivity index (χ1n) is 14.7. The van der Waals surface area contributed by atoms with Crippen LogP contribution in [0, 0.1) is 0 Å². The van der Waals surface area contributed by atoms with Crippen molar-refractivity contribution >= 4 is 27.6 Å². The lowest BCUT2D eigenvalue weighted by Crippen LogP contribution is -2.15. The van der Waals surface area contributed by atoms with Gasteiger partial charge in [-0.25, -0.2) is 0 Å². The van der Waals surface area contributed by atoms with Gasteiger partial charge in [0.05, 0.1) is 0 Å². The summed E-state index contributed by atoms with van der Waals surface area (Å²) in [5.74, 6) is 0.538. The van der Waals surface area contributed by atoms with E-state index in [0.717, 1.165) is 25.7 Å². The van der Waals surface area contributed by atoms with Crippen LogP contribution in [0.3, 0.4) is 0 Å². The molecule has 0 amide bonds. The second-order valence-corrected chi connectivity index (χ2v) is 11.5. The summed E-state index contributed by atoms with van der Waals surface area (Å²) in [6.45, 7) is 0. The highest BCUT2D eigenvalue weighted by atomic mass is 14.3. The minimum absolute atomic E-state index is 0.538. The average molecular weight is 513 g/mol. The molecule has 2 aliphatic carbocycles. The summed E-state index contributed by atoms with van der Waals surface area (Å²) in [5, 5.41) is 5.35. The third-order valence-corrected chi connectivity index (χ3v) is 9.25. The Hall–Kier alpha value is -4.42. The van der Waals surface area contributed by atoms with Crippen LogP contribution in [0.2, 0.25) is 0 Å². The predicted octanol–water partition coefficient (Wildman–Crippen LogP) is 10.6. The van der Waals surface area contributed by atoms with Crippen molar-refractivity contribution in [3.8, 4) is 22.3 Å². The van der Waals surface area contributed by atoms with E-state index >= 15 is 0 Å². The van der Waals surface area contributed by atoms with E-state index in [1.807, 2.05) is 0 Å². The van der Waals surface area contributed by atoms with E-state index in [4.69, 9.17) is 0 Å². The van der Waals surface area contributed by atoms with Gasteiger partial charge >= 0.3 is 0 Å². The molecule has 0 saturated carbocycles. The molecule has 1 atom stereocenters. The highest BCUT2D eigenvalue weighted by Crippen LogP contribution is 2.48. The summed E-state index contributed by atoms with van der Waals surface area (Å²) in [5.41, 5.74) is 13.0. The molecule has 192 valence electrons. The van der Waals surface area contributed by atoms with Crippen LogP contribution >= 0.6 is 0 Å². The maximum absolute atomic E-state index is 2.45. The fourth-order valence-corrected chi connectivity index (χ4v) is 7.31. The van der Waals surface area contributed by atoms with Crippen LogP contribution in [-0.2, 0) is 19.3 Å². The molecule has 6 aromatic carbocycles. The standard InChI is InChI=1S/C40H32/c1-2-10-27(11-3-1)32-22-23-37-38(26-32)40(34-21-19-29-13-5-7-15-31(29)25-34)36-17-9-8-16-35(36)39(37)33-20-18-28-12-4-6-14-30(28)24-33/h1-4,6-12,14-21,24-25,32H,5,13,22-23,26H2. The number of rotatable bonds is 3. The fourth-order valence-electron chi connectivity index (χ4n) is 7.31. The molecule has 0 saturated heterocycles. The van der Waals surface area contributed by atoms with Crippen molar-refractivity contribution in [3.05, 3.63) is 149 Å². The molecule has 40 heavy (non-hydrogen) atoms. The molecule has 0 heterocycles. The van der Waals surface area contributed by atoms with Crippen LogP contribution in [0.4, 0.5) is 0 Å². The lowest BCUT2D eigenvalue weighted by atomic mass is 9.73. The molecule has 0 aliphatic heterocycles. The van der Waals surface area contributed by atoms with Crippen LogP contribution < -0.4 is 0 Å². The number of hydrogen-bond acceptors (Lipinski definition) is 0. The molecule has 1 unspecified atom stereocenters. The van der Waals surface area contributed by atoms with E-state index in [1.165, 1.54) is 66.9 Å². The Morgan fingerprint density at radius 2 is 1.25 bits per heavy atom. The lowest BCUT2D eigenvalue weighted by Gasteiger charge is -2.31. The van der Waals surface area contributed by atoms with Crippen LogP contribution in [0.5, 0.6) is 0 Å². The summed E-state index contributed by atoms with van der Waals surface area (Å²) in [6.07, 6.45) is 10.3. The molecular formula is C40H32. The molecule has 0 fully saturated rings. The van der Waals surface area contributed by atoms with Gasteiger partial charge in [0.25, 0.3) is 0 Å². The Morgan fingerprint density at radius 1 is 0.550 bits per heavy atom. The Bertz CT molecular complexity index is 1920. The molecular weight excluding hydrogens is 480 g/mol. The highest BCUT2D eigenvalue weighted by Gasteiger charge is 2.28. The molecule has 2 aliphatic rings. The molecule has 0 nitrogen and oxygen atoms in total. The summed E-state index contributed by atoms with van der Waals surface area (Å²) in [4.78, 5) is 0. The van der Waals surface area contributed by atoms with E-state index in [0.29, 0.717) is 5.92 Å². The van der Waals surface area contributed by atoms with E-state index in [1.54, 1.807) is 11.1 Å². The second kappa shape index (κ2) is 9.65. The molecule has 0 spiro atoms. The summed E-state index contributed by atoms with van der Waals surface area (Å²) < 4.78 is 0. The minimum Gasteiger partial charge on any atom is -0.0836 e. The third kappa shape index (κ3) is 3.90. The van der Waals surface area contributed by atoms with Crippen LogP contribution in [0.15, 0.2) is 121 Å². The van der Waals surface area contributed by atoms with Gasteiger partial charge in [-0.3, -0.25) is 0 Å². The summed E-state index contributed by atoms with van der Waals surface area (Å²) in [7, 11) is 0. The van der Waals surface area contributed by atoms with Gasteiger partial charge in [-0.1, -0.05) is 115 Å². The highest BCUT2D eigenvalue weighted by molar-refractivity contribution is 6.09. The number of aryl methyl sites for hydroxylation is 1. The normalized spacial score (nSPS) is 16.1. The quantitative estimate of drug-likeness (QED) is 0.221. The maximum atomic E-state index is 2.45. The Balaban J connectivity index is 1.42.